The van der Waals surface area contributed by atoms with Gasteiger partial charge in [0.2, 0.25) is 0 Å². The fraction of sp³-hybridized carbons (Fsp3) is 0.385. The Morgan fingerprint density at radius 3 is 2.68 bits per heavy atom. The highest BCUT2D eigenvalue weighted by atomic mass is 35.5. The summed E-state index contributed by atoms with van der Waals surface area (Å²) in [5.74, 6) is -0.891. The number of Topliss-reactive ketones (excluding diaryl/α,β-unsaturated/α-hetero) is 1. The van der Waals surface area contributed by atoms with E-state index in [0.29, 0.717) is 23.6 Å². The van der Waals surface area contributed by atoms with Crippen LogP contribution in [0.2, 0.25) is 5.02 Å². The molecule has 1 aromatic carbocycles. The molecule has 1 unspecified atom stereocenters. The number of benzene rings is 1. The maximum Gasteiger partial charge on any atom is 0.323 e. The normalized spacial score (nSPS) is 11.9. The Balaban J connectivity index is 2.66. The molecule has 0 bridgehead atoms. The third-order valence-electron chi connectivity index (χ3n) is 2.47. The lowest BCUT2D eigenvalue weighted by atomic mass is 10.0. The monoisotopic (exact) mass is 284 g/mol. The predicted molar refractivity (Wildman–Crippen MR) is 74.0 cm³/mol. The highest BCUT2D eigenvalue weighted by Gasteiger charge is 2.21. The molecule has 104 valence electrons. The van der Waals surface area contributed by atoms with E-state index in [1.165, 1.54) is 12.1 Å². The summed E-state index contributed by atoms with van der Waals surface area (Å²) in [6.07, 6.45) is 0.560. The van der Waals surface area contributed by atoms with Crippen molar-refractivity contribution in [1.82, 2.24) is 0 Å². The lowest BCUT2D eigenvalue weighted by Gasteiger charge is -2.11. The van der Waals surface area contributed by atoms with Gasteiger partial charge in [-0.15, -0.1) is 0 Å². The molecule has 0 amide bonds. The summed E-state index contributed by atoms with van der Waals surface area (Å²) < 4.78 is 4.87. The van der Waals surface area contributed by atoms with Crippen molar-refractivity contribution in [3.8, 4) is 0 Å². The van der Waals surface area contributed by atoms with Gasteiger partial charge in [0.1, 0.15) is 6.04 Å². The number of ketones is 1. The minimum absolute atomic E-state index is 0.144. The van der Waals surface area contributed by atoms with E-state index >= 15 is 0 Å². The smallest absolute Gasteiger partial charge is 0.323 e. The summed E-state index contributed by atoms with van der Waals surface area (Å²) in [7, 11) is 0. The van der Waals surface area contributed by atoms with Gasteiger partial charge in [0.25, 0.3) is 0 Å². The Bertz CT molecular complexity index is 477. The van der Waals surface area contributed by atoms with Gasteiger partial charge in [0.05, 0.1) is 6.61 Å². The van der Waals surface area contributed by atoms with Crippen LogP contribution in [0, 0.1) is 0 Å². The molecule has 4 N–H and O–H groups in total. The minimum atomic E-state index is -0.978. The second-order valence-corrected chi connectivity index (χ2v) is 4.57. The average Bonchev–Trinajstić information content (AvgIpc) is 2.35. The molecule has 19 heavy (non-hydrogen) atoms. The number of hydrogen-bond acceptors (Lipinski definition) is 5. The van der Waals surface area contributed by atoms with Crippen LogP contribution in [0.1, 0.15) is 30.1 Å². The first-order valence-corrected chi connectivity index (χ1v) is 6.34. The molecule has 0 aliphatic heterocycles. The van der Waals surface area contributed by atoms with Crippen LogP contribution in [0.15, 0.2) is 18.2 Å². The SMILES string of the molecule is CCCOC(=O)C(N)CC(=O)c1ccc(Cl)cc1N. The van der Waals surface area contributed by atoms with Crippen molar-refractivity contribution in [3.63, 3.8) is 0 Å². The lowest BCUT2D eigenvalue weighted by molar-refractivity contribution is -0.145. The van der Waals surface area contributed by atoms with E-state index in [4.69, 9.17) is 27.8 Å². The molecular formula is C13H17ClN2O3. The first-order chi connectivity index (χ1) is 8.95. The molecule has 0 saturated carbocycles. The molecule has 0 spiro atoms. The summed E-state index contributed by atoms with van der Waals surface area (Å²) in [6, 6.07) is 3.58. The summed E-state index contributed by atoms with van der Waals surface area (Å²) in [6.45, 7) is 2.17. The largest absolute Gasteiger partial charge is 0.465 e. The molecule has 1 rings (SSSR count). The van der Waals surface area contributed by atoms with Crippen molar-refractivity contribution in [2.45, 2.75) is 25.8 Å². The van der Waals surface area contributed by atoms with Gasteiger partial charge in [0.15, 0.2) is 5.78 Å². The topological polar surface area (TPSA) is 95.4 Å². The van der Waals surface area contributed by atoms with E-state index in [1.807, 2.05) is 6.92 Å². The maximum absolute atomic E-state index is 12.0. The average molecular weight is 285 g/mol. The molecule has 0 aliphatic carbocycles. The molecule has 1 atom stereocenters. The standard InChI is InChI=1S/C13H17ClN2O3/c1-2-5-19-13(18)11(16)7-12(17)9-4-3-8(14)6-10(9)15/h3-4,6,11H,2,5,7,15-16H2,1H3. The summed E-state index contributed by atoms with van der Waals surface area (Å²) >= 11 is 5.74. The zero-order valence-corrected chi connectivity index (χ0v) is 11.4. The summed E-state index contributed by atoms with van der Waals surface area (Å²) in [5.41, 5.74) is 11.9. The molecule has 1 aromatic rings. The van der Waals surface area contributed by atoms with Crippen molar-refractivity contribution in [3.05, 3.63) is 28.8 Å². The number of hydrogen-bond donors (Lipinski definition) is 2. The Morgan fingerprint density at radius 1 is 1.42 bits per heavy atom. The van der Waals surface area contributed by atoms with Gasteiger partial charge < -0.3 is 16.2 Å². The highest BCUT2D eigenvalue weighted by molar-refractivity contribution is 6.31. The number of nitrogens with two attached hydrogens (primary N) is 2. The first kappa shape index (κ1) is 15.5. The van der Waals surface area contributed by atoms with Gasteiger partial charge in [-0.1, -0.05) is 18.5 Å². The van der Waals surface area contributed by atoms with Crippen LogP contribution in [0.25, 0.3) is 0 Å². The van der Waals surface area contributed by atoms with Crippen molar-refractivity contribution in [2.75, 3.05) is 12.3 Å². The maximum atomic E-state index is 12.0. The van der Waals surface area contributed by atoms with E-state index in [-0.39, 0.29) is 17.9 Å². The van der Waals surface area contributed by atoms with Crippen LogP contribution in [-0.2, 0) is 9.53 Å². The molecular weight excluding hydrogens is 268 g/mol. The van der Waals surface area contributed by atoms with Gasteiger partial charge in [0, 0.05) is 22.7 Å². The zero-order chi connectivity index (χ0) is 14.4. The Kier molecular flexibility index (Phi) is 5.79. The molecule has 0 aromatic heterocycles. The van der Waals surface area contributed by atoms with E-state index in [2.05, 4.69) is 0 Å². The van der Waals surface area contributed by atoms with Crippen LogP contribution in [-0.4, -0.2) is 24.4 Å². The summed E-state index contributed by atoms with van der Waals surface area (Å²) in [5, 5.41) is 0.445. The predicted octanol–water partition coefficient (Wildman–Crippen LogP) is 1.78. The number of carbonyl (C=O) groups excluding carboxylic acids is 2. The molecule has 0 saturated heterocycles. The Hall–Kier alpha value is -1.59. The van der Waals surface area contributed by atoms with Crippen LogP contribution >= 0.6 is 11.6 Å². The van der Waals surface area contributed by atoms with Gasteiger partial charge in [-0.2, -0.15) is 0 Å². The van der Waals surface area contributed by atoms with Crippen molar-refractivity contribution < 1.29 is 14.3 Å². The van der Waals surface area contributed by atoms with Crippen LogP contribution in [0.3, 0.4) is 0 Å². The van der Waals surface area contributed by atoms with Crippen LogP contribution < -0.4 is 11.5 Å². The van der Waals surface area contributed by atoms with Crippen molar-refractivity contribution >= 4 is 29.0 Å². The van der Waals surface area contributed by atoms with Gasteiger partial charge in [-0.25, -0.2) is 0 Å². The van der Waals surface area contributed by atoms with E-state index in [0.717, 1.165) is 0 Å². The third kappa shape index (κ3) is 4.54. The second-order valence-electron chi connectivity index (χ2n) is 4.13. The number of anilines is 1. The number of nitrogen functional groups attached to an aromatic ring is 1. The molecule has 5 nitrogen and oxygen atoms in total. The fourth-order valence-corrected chi connectivity index (χ4v) is 1.67. The number of rotatable bonds is 6. The highest BCUT2D eigenvalue weighted by Crippen LogP contribution is 2.19. The first-order valence-electron chi connectivity index (χ1n) is 5.96. The quantitative estimate of drug-likeness (QED) is 0.471. The van der Waals surface area contributed by atoms with Crippen molar-refractivity contribution in [1.29, 1.82) is 0 Å². The molecule has 0 radical (unpaired) electrons. The molecule has 0 heterocycles. The van der Waals surface area contributed by atoms with Crippen LogP contribution in [0.4, 0.5) is 5.69 Å². The molecule has 0 aliphatic rings. The van der Waals surface area contributed by atoms with Crippen LogP contribution in [0.5, 0.6) is 0 Å². The number of ether oxygens (including phenoxy) is 1. The van der Waals surface area contributed by atoms with Gasteiger partial charge in [-0.3, -0.25) is 9.59 Å². The lowest BCUT2D eigenvalue weighted by Crippen LogP contribution is -2.34. The Morgan fingerprint density at radius 2 is 2.11 bits per heavy atom. The zero-order valence-electron chi connectivity index (χ0n) is 10.7. The number of halogens is 1. The van der Waals surface area contributed by atoms with E-state index in [9.17, 15) is 9.59 Å². The number of carbonyl (C=O) groups is 2. The second kappa shape index (κ2) is 7.11. The number of esters is 1. The molecule has 0 fully saturated rings. The third-order valence-corrected chi connectivity index (χ3v) is 2.71. The Labute approximate surface area is 116 Å². The van der Waals surface area contributed by atoms with Gasteiger partial charge in [-0.05, 0) is 24.6 Å². The van der Waals surface area contributed by atoms with E-state index < -0.39 is 12.0 Å². The van der Waals surface area contributed by atoms with E-state index in [1.54, 1.807) is 6.07 Å². The van der Waals surface area contributed by atoms with Gasteiger partial charge >= 0.3 is 5.97 Å². The summed E-state index contributed by atoms with van der Waals surface area (Å²) in [4.78, 5) is 23.4. The fourth-order valence-electron chi connectivity index (χ4n) is 1.49. The minimum Gasteiger partial charge on any atom is -0.465 e. The van der Waals surface area contributed by atoms with Crippen molar-refractivity contribution in [2.24, 2.45) is 5.73 Å². The molecule has 6 heteroatoms.